The lowest BCUT2D eigenvalue weighted by Crippen LogP contribution is -2.37. The summed E-state index contributed by atoms with van der Waals surface area (Å²) in [6.07, 6.45) is 1.77. The van der Waals surface area contributed by atoms with Gasteiger partial charge in [-0.05, 0) is 61.7 Å². The van der Waals surface area contributed by atoms with Gasteiger partial charge >= 0.3 is 0 Å². The molecule has 1 aliphatic rings. The number of hydrogen-bond acceptors (Lipinski definition) is 6. The first kappa shape index (κ1) is 25.1. The molecule has 10 heteroatoms. The molecule has 0 saturated carbocycles. The van der Waals surface area contributed by atoms with E-state index in [2.05, 4.69) is 0 Å². The largest absolute Gasteiger partial charge is 0.376 e. The number of rotatable bonds is 8. The van der Waals surface area contributed by atoms with Gasteiger partial charge in [0.2, 0.25) is 10.0 Å². The molecular weight excluding hydrogens is 494 g/mol. The maximum absolute atomic E-state index is 13.6. The molecule has 1 fully saturated rings. The summed E-state index contributed by atoms with van der Waals surface area (Å²) in [6.45, 7) is 7.34. The number of nitrogens with zero attached hydrogens (tertiary/aromatic N) is 3. The zero-order chi connectivity index (χ0) is 24.5. The summed E-state index contributed by atoms with van der Waals surface area (Å²) in [5, 5.41) is 1.20. The van der Waals surface area contributed by atoms with E-state index in [9.17, 15) is 13.2 Å². The molecule has 0 aliphatic carbocycles. The minimum absolute atomic E-state index is 0.0667. The summed E-state index contributed by atoms with van der Waals surface area (Å²) in [5.41, 5.74) is 2.04. The Morgan fingerprint density at radius 1 is 1.18 bits per heavy atom. The van der Waals surface area contributed by atoms with E-state index in [1.165, 1.54) is 27.8 Å². The number of anilines is 1. The van der Waals surface area contributed by atoms with Crippen molar-refractivity contribution in [2.75, 3.05) is 31.1 Å². The molecule has 0 N–H and O–H groups in total. The van der Waals surface area contributed by atoms with E-state index < -0.39 is 10.0 Å². The molecule has 4 rings (SSSR count). The molecular formula is C24H28ClN3O4S2. The number of sulfonamides is 1. The summed E-state index contributed by atoms with van der Waals surface area (Å²) in [6, 6.07) is 9.87. The highest BCUT2D eigenvalue weighted by atomic mass is 35.5. The van der Waals surface area contributed by atoms with Crippen molar-refractivity contribution in [3.8, 4) is 0 Å². The predicted octanol–water partition coefficient (Wildman–Crippen LogP) is 5.11. The first-order valence-corrected chi connectivity index (χ1v) is 14.0. The van der Waals surface area contributed by atoms with Crippen LogP contribution in [0.5, 0.6) is 0 Å². The average molecular weight is 522 g/mol. The molecule has 1 amide bonds. The Bertz CT molecular complexity index is 1280. The molecule has 34 heavy (non-hydrogen) atoms. The molecule has 0 spiro atoms. The first-order valence-electron chi connectivity index (χ1n) is 11.4. The second-order valence-corrected chi connectivity index (χ2v) is 11.5. The molecule has 1 saturated heterocycles. The van der Waals surface area contributed by atoms with Crippen molar-refractivity contribution in [2.45, 2.75) is 44.6 Å². The lowest BCUT2D eigenvalue weighted by Gasteiger charge is -2.23. The van der Waals surface area contributed by atoms with Crippen molar-refractivity contribution in [3.63, 3.8) is 0 Å². The Kier molecular flexibility index (Phi) is 7.59. The van der Waals surface area contributed by atoms with Crippen molar-refractivity contribution < 1.29 is 17.9 Å². The molecule has 7 nitrogen and oxygen atoms in total. The number of ether oxygens (including phenoxy) is 1. The van der Waals surface area contributed by atoms with Crippen LogP contribution < -0.4 is 4.90 Å². The summed E-state index contributed by atoms with van der Waals surface area (Å²) >= 11 is 7.71. The number of amides is 1. The highest BCUT2D eigenvalue weighted by molar-refractivity contribution is 7.89. The van der Waals surface area contributed by atoms with Crippen molar-refractivity contribution in [1.29, 1.82) is 0 Å². The number of carbonyl (C=O) groups excluding carboxylic acids is 1. The van der Waals surface area contributed by atoms with Crippen LogP contribution in [0.25, 0.3) is 10.2 Å². The normalized spacial score (nSPS) is 16.4. The fourth-order valence-corrected chi connectivity index (χ4v) is 6.73. The number of fused-ring (bicyclic) bond motifs is 1. The topological polar surface area (TPSA) is 79.8 Å². The number of aryl methyl sites for hydroxylation is 1. The number of hydrogen-bond donors (Lipinski definition) is 0. The number of halogens is 1. The van der Waals surface area contributed by atoms with Crippen LogP contribution in [-0.2, 0) is 14.8 Å². The molecule has 0 bridgehead atoms. The smallest absolute Gasteiger partial charge is 0.260 e. The van der Waals surface area contributed by atoms with Gasteiger partial charge in [-0.15, -0.1) is 0 Å². The molecule has 2 heterocycles. The van der Waals surface area contributed by atoms with Crippen molar-refractivity contribution in [3.05, 3.63) is 52.5 Å². The van der Waals surface area contributed by atoms with E-state index >= 15 is 0 Å². The molecule has 0 radical (unpaired) electrons. The minimum atomic E-state index is -3.60. The van der Waals surface area contributed by atoms with Gasteiger partial charge in [-0.3, -0.25) is 9.69 Å². The molecule has 1 unspecified atom stereocenters. The second kappa shape index (κ2) is 10.3. The van der Waals surface area contributed by atoms with Crippen LogP contribution in [0.2, 0.25) is 5.02 Å². The summed E-state index contributed by atoms with van der Waals surface area (Å²) in [4.78, 5) is 20.2. The van der Waals surface area contributed by atoms with Gasteiger partial charge in [-0.2, -0.15) is 4.31 Å². The van der Waals surface area contributed by atoms with Gasteiger partial charge in [0.15, 0.2) is 5.13 Å². The Balaban J connectivity index is 1.68. The highest BCUT2D eigenvalue weighted by Crippen LogP contribution is 2.35. The molecule has 182 valence electrons. The monoisotopic (exact) mass is 521 g/mol. The van der Waals surface area contributed by atoms with Crippen molar-refractivity contribution in [2.24, 2.45) is 0 Å². The number of aromatic nitrogens is 1. The van der Waals surface area contributed by atoms with Crippen LogP contribution in [0.4, 0.5) is 5.13 Å². The molecule has 1 aliphatic heterocycles. The van der Waals surface area contributed by atoms with Crippen LogP contribution in [0.1, 0.15) is 42.6 Å². The van der Waals surface area contributed by atoms with Gasteiger partial charge < -0.3 is 4.74 Å². The van der Waals surface area contributed by atoms with Crippen LogP contribution in [0, 0.1) is 6.92 Å². The van der Waals surface area contributed by atoms with E-state index in [1.54, 1.807) is 30.9 Å². The third kappa shape index (κ3) is 4.85. The van der Waals surface area contributed by atoms with E-state index in [0.29, 0.717) is 42.0 Å². The zero-order valence-corrected chi connectivity index (χ0v) is 21.8. The van der Waals surface area contributed by atoms with Gasteiger partial charge in [-0.25, -0.2) is 13.4 Å². The fourth-order valence-electron chi connectivity index (χ4n) is 4.08. The first-order chi connectivity index (χ1) is 16.3. The lowest BCUT2D eigenvalue weighted by molar-refractivity contribution is 0.0917. The second-order valence-electron chi connectivity index (χ2n) is 8.18. The van der Waals surface area contributed by atoms with E-state index in [1.807, 2.05) is 19.1 Å². The average Bonchev–Trinajstić information content (AvgIpc) is 3.50. The van der Waals surface area contributed by atoms with Gasteiger partial charge in [0.25, 0.3) is 5.91 Å². The van der Waals surface area contributed by atoms with Gasteiger partial charge in [0, 0.05) is 30.3 Å². The van der Waals surface area contributed by atoms with Gasteiger partial charge in [0.05, 0.1) is 27.8 Å². The third-order valence-corrected chi connectivity index (χ3v) is 9.58. The Morgan fingerprint density at radius 3 is 2.50 bits per heavy atom. The Hall–Kier alpha value is -2.04. The fraction of sp³-hybridized carbons (Fsp3) is 0.417. The Labute approximate surface area is 209 Å². The highest BCUT2D eigenvalue weighted by Gasteiger charge is 2.28. The van der Waals surface area contributed by atoms with Gasteiger partial charge in [-0.1, -0.05) is 36.8 Å². The number of benzene rings is 2. The third-order valence-electron chi connectivity index (χ3n) is 6.07. The summed E-state index contributed by atoms with van der Waals surface area (Å²) in [5.74, 6) is -0.245. The standard InChI is InChI=1S/C24H28ClN3O4S2/c1-4-27(5-2)34(30,31)19-10-8-17(9-11-19)23(29)28(15-18-7-6-14-32-18)24-26-22-16(3)20(25)12-13-21(22)33-24/h8-13,18H,4-7,14-15H2,1-3H3. The maximum atomic E-state index is 13.6. The Morgan fingerprint density at radius 2 is 1.88 bits per heavy atom. The molecule has 1 atom stereocenters. The van der Waals surface area contributed by atoms with E-state index in [-0.39, 0.29) is 16.9 Å². The summed E-state index contributed by atoms with van der Waals surface area (Å²) in [7, 11) is -3.60. The van der Waals surface area contributed by atoms with Crippen LogP contribution in [0.15, 0.2) is 41.3 Å². The SMILES string of the molecule is CCN(CC)S(=O)(=O)c1ccc(C(=O)N(CC2CCCO2)c2nc3c(C)c(Cl)ccc3s2)cc1. The predicted molar refractivity (Wildman–Crippen MR) is 137 cm³/mol. The van der Waals surface area contributed by atoms with Crippen molar-refractivity contribution >= 4 is 54.2 Å². The molecule has 2 aromatic carbocycles. The van der Waals surface area contributed by atoms with Crippen LogP contribution in [-0.4, -0.2) is 56.0 Å². The van der Waals surface area contributed by atoms with Crippen LogP contribution >= 0.6 is 22.9 Å². The maximum Gasteiger partial charge on any atom is 0.260 e. The molecule has 1 aromatic heterocycles. The minimum Gasteiger partial charge on any atom is -0.376 e. The van der Waals surface area contributed by atoms with E-state index in [4.69, 9.17) is 21.3 Å². The van der Waals surface area contributed by atoms with E-state index in [0.717, 1.165) is 28.6 Å². The van der Waals surface area contributed by atoms with Crippen LogP contribution in [0.3, 0.4) is 0 Å². The zero-order valence-electron chi connectivity index (χ0n) is 19.5. The van der Waals surface area contributed by atoms with Crippen molar-refractivity contribution in [1.82, 2.24) is 9.29 Å². The lowest BCUT2D eigenvalue weighted by atomic mass is 10.2. The summed E-state index contributed by atoms with van der Waals surface area (Å²) < 4.78 is 33.8. The quantitative estimate of drug-likeness (QED) is 0.411. The van der Waals surface area contributed by atoms with Gasteiger partial charge in [0.1, 0.15) is 0 Å². The molecule has 3 aromatic rings. The number of carbonyl (C=O) groups is 1. The number of thiazole rings is 1.